The van der Waals surface area contributed by atoms with Gasteiger partial charge in [-0.15, -0.1) is 0 Å². The smallest absolute Gasteiger partial charge is 0.127 e. The Bertz CT molecular complexity index is 432. The highest BCUT2D eigenvalue weighted by molar-refractivity contribution is 5.50. The molecule has 1 aliphatic heterocycles. The van der Waals surface area contributed by atoms with Crippen LogP contribution in [-0.2, 0) is 4.74 Å². The maximum atomic E-state index is 9.42. The zero-order chi connectivity index (χ0) is 13.0. The molecule has 0 amide bonds. The maximum absolute atomic E-state index is 9.42. The molecule has 1 heterocycles. The summed E-state index contributed by atoms with van der Waals surface area (Å²) in [5, 5.41) is 12.7. The van der Waals surface area contributed by atoms with Crippen LogP contribution in [-0.4, -0.2) is 25.9 Å². The highest BCUT2D eigenvalue weighted by Crippen LogP contribution is 2.29. The van der Waals surface area contributed by atoms with Gasteiger partial charge in [0.2, 0.25) is 0 Å². The topological polar surface area (TPSA) is 54.3 Å². The number of hydrogen-bond acceptors (Lipinski definition) is 4. The highest BCUT2D eigenvalue weighted by atomic mass is 16.5. The first-order valence-corrected chi connectivity index (χ1v) is 6.09. The monoisotopic (exact) mass is 246 g/mol. The predicted molar refractivity (Wildman–Crippen MR) is 69.6 cm³/mol. The van der Waals surface area contributed by atoms with Crippen molar-refractivity contribution < 1.29 is 9.47 Å². The molecule has 0 aliphatic carbocycles. The summed E-state index contributed by atoms with van der Waals surface area (Å²) in [4.78, 5) is 0. The molecule has 0 saturated carbocycles. The summed E-state index contributed by atoms with van der Waals surface area (Å²) in [6.45, 7) is 3.32. The van der Waals surface area contributed by atoms with Crippen LogP contribution in [0.15, 0.2) is 24.3 Å². The fourth-order valence-electron chi connectivity index (χ4n) is 2.19. The van der Waals surface area contributed by atoms with Crippen LogP contribution in [0.3, 0.4) is 0 Å². The van der Waals surface area contributed by atoms with Crippen molar-refractivity contribution in [3.05, 3.63) is 24.3 Å². The Hall–Kier alpha value is -1.73. The minimum Gasteiger partial charge on any atom is -0.497 e. The summed E-state index contributed by atoms with van der Waals surface area (Å²) in [6.07, 6.45) is 0.924. The molecule has 0 spiro atoms. The van der Waals surface area contributed by atoms with Crippen molar-refractivity contribution in [1.82, 2.24) is 0 Å². The van der Waals surface area contributed by atoms with Gasteiger partial charge in [-0.05, 0) is 37.6 Å². The van der Waals surface area contributed by atoms with Gasteiger partial charge in [0.15, 0.2) is 0 Å². The number of ether oxygens (including phenoxy) is 2. The second kappa shape index (κ2) is 5.28. The van der Waals surface area contributed by atoms with Crippen LogP contribution in [0.5, 0.6) is 5.75 Å². The quantitative estimate of drug-likeness (QED) is 0.886. The average molecular weight is 246 g/mol. The molecule has 18 heavy (non-hydrogen) atoms. The van der Waals surface area contributed by atoms with E-state index in [0.717, 1.165) is 24.5 Å². The van der Waals surface area contributed by atoms with Gasteiger partial charge in [-0.1, -0.05) is 0 Å². The molecule has 0 aromatic heterocycles. The Morgan fingerprint density at radius 3 is 2.67 bits per heavy atom. The largest absolute Gasteiger partial charge is 0.497 e. The van der Waals surface area contributed by atoms with E-state index in [1.807, 2.05) is 31.2 Å². The van der Waals surface area contributed by atoms with E-state index < -0.39 is 5.54 Å². The van der Waals surface area contributed by atoms with Gasteiger partial charge < -0.3 is 14.8 Å². The lowest BCUT2D eigenvalue weighted by Gasteiger charge is -2.29. The lowest BCUT2D eigenvalue weighted by Crippen LogP contribution is -2.41. The van der Waals surface area contributed by atoms with E-state index >= 15 is 0 Å². The van der Waals surface area contributed by atoms with Crippen molar-refractivity contribution in [2.45, 2.75) is 18.9 Å². The molecule has 2 unspecified atom stereocenters. The SMILES string of the molecule is COc1ccc(NC(C)(C#N)C2CCOC2)cc1. The van der Waals surface area contributed by atoms with Crippen molar-refractivity contribution in [2.24, 2.45) is 5.92 Å². The molecule has 1 fully saturated rings. The van der Waals surface area contributed by atoms with Crippen molar-refractivity contribution in [2.75, 3.05) is 25.6 Å². The number of nitrogens with one attached hydrogen (secondary N) is 1. The fourth-order valence-corrected chi connectivity index (χ4v) is 2.19. The van der Waals surface area contributed by atoms with Crippen LogP contribution < -0.4 is 10.1 Å². The van der Waals surface area contributed by atoms with Crippen molar-refractivity contribution in [3.63, 3.8) is 0 Å². The molecular formula is C14H18N2O2. The van der Waals surface area contributed by atoms with Gasteiger partial charge in [0.05, 0.1) is 19.8 Å². The summed E-state index contributed by atoms with van der Waals surface area (Å²) in [7, 11) is 1.64. The van der Waals surface area contributed by atoms with Gasteiger partial charge in [-0.25, -0.2) is 0 Å². The number of rotatable bonds is 4. The number of hydrogen-bond donors (Lipinski definition) is 1. The van der Waals surface area contributed by atoms with E-state index in [1.165, 1.54) is 0 Å². The Morgan fingerprint density at radius 2 is 2.17 bits per heavy atom. The van der Waals surface area contributed by atoms with Gasteiger partial charge in [-0.2, -0.15) is 5.26 Å². The van der Waals surface area contributed by atoms with E-state index in [1.54, 1.807) is 7.11 Å². The Labute approximate surface area is 108 Å². The van der Waals surface area contributed by atoms with E-state index in [0.29, 0.717) is 6.61 Å². The van der Waals surface area contributed by atoms with Crippen LogP contribution in [0, 0.1) is 17.2 Å². The third-order valence-corrected chi connectivity index (χ3v) is 3.47. The zero-order valence-corrected chi connectivity index (χ0v) is 10.8. The molecule has 2 rings (SSSR count). The first-order chi connectivity index (χ1) is 8.68. The number of anilines is 1. The van der Waals surface area contributed by atoms with E-state index in [9.17, 15) is 5.26 Å². The van der Waals surface area contributed by atoms with E-state index in [-0.39, 0.29) is 5.92 Å². The summed E-state index contributed by atoms with van der Waals surface area (Å²) in [5.74, 6) is 1.04. The predicted octanol–water partition coefficient (Wildman–Crippen LogP) is 2.43. The summed E-state index contributed by atoms with van der Waals surface area (Å²) < 4.78 is 10.5. The fraction of sp³-hybridized carbons (Fsp3) is 0.500. The zero-order valence-electron chi connectivity index (χ0n) is 10.8. The van der Waals surface area contributed by atoms with Gasteiger partial charge in [0, 0.05) is 18.2 Å². The van der Waals surface area contributed by atoms with Crippen LogP contribution in [0.1, 0.15) is 13.3 Å². The summed E-state index contributed by atoms with van der Waals surface area (Å²) >= 11 is 0. The number of nitrogens with zero attached hydrogens (tertiary/aromatic N) is 1. The van der Waals surface area contributed by atoms with Crippen LogP contribution in [0.25, 0.3) is 0 Å². The third-order valence-electron chi connectivity index (χ3n) is 3.47. The molecule has 0 radical (unpaired) electrons. The molecule has 0 bridgehead atoms. The summed E-state index contributed by atoms with van der Waals surface area (Å²) in [5.41, 5.74) is 0.331. The molecular weight excluding hydrogens is 228 g/mol. The Kier molecular flexibility index (Phi) is 3.73. The van der Waals surface area contributed by atoms with Crippen LogP contribution in [0.4, 0.5) is 5.69 Å². The molecule has 4 heteroatoms. The molecule has 1 aliphatic rings. The molecule has 1 saturated heterocycles. The molecule has 1 aromatic carbocycles. The van der Waals surface area contributed by atoms with E-state index in [4.69, 9.17) is 9.47 Å². The average Bonchev–Trinajstić information content (AvgIpc) is 2.94. The Morgan fingerprint density at radius 1 is 1.44 bits per heavy atom. The maximum Gasteiger partial charge on any atom is 0.127 e. The molecule has 96 valence electrons. The van der Waals surface area contributed by atoms with Crippen molar-refractivity contribution in [3.8, 4) is 11.8 Å². The summed E-state index contributed by atoms with van der Waals surface area (Å²) in [6, 6.07) is 9.98. The lowest BCUT2D eigenvalue weighted by molar-refractivity contribution is 0.178. The minimum atomic E-state index is -0.592. The van der Waals surface area contributed by atoms with Crippen molar-refractivity contribution >= 4 is 5.69 Å². The van der Waals surface area contributed by atoms with Crippen molar-refractivity contribution in [1.29, 1.82) is 5.26 Å². The lowest BCUT2D eigenvalue weighted by atomic mass is 9.86. The minimum absolute atomic E-state index is 0.226. The van der Waals surface area contributed by atoms with Crippen LogP contribution in [0.2, 0.25) is 0 Å². The second-order valence-electron chi connectivity index (χ2n) is 4.73. The highest BCUT2D eigenvalue weighted by Gasteiger charge is 2.36. The molecule has 1 N–H and O–H groups in total. The van der Waals surface area contributed by atoms with Gasteiger partial charge in [0.1, 0.15) is 11.3 Å². The van der Waals surface area contributed by atoms with Crippen LogP contribution >= 0.6 is 0 Å². The molecule has 2 atom stereocenters. The molecule has 1 aromatic rings. The Balaban J connectivity index is 2.11. The second-order valence-corrected chi connectivity index (χ2v) is 4.73. The normalized spacial score (nSPS) is 21.9. The standard InChI is InChI=1S/C14H18N2O2/c1-14(10-15,11-7-8-18-9-11)16-12-3-5-13(17-2)6-4-12/h3-6,11,16H,7-9H2,1-2H3. The first kappa shape index (κ1) is 12.7. The number of benzene rings is 1. The number of methoxy groups -OCH3 is 1. The van der Waals surface area contributed by atoms with Gasteiger partial charge in [0.25, 0.3) is 0 Å². The van der Waals surface area contributed by atoms with Gasteiger partial charge >= 0.3 is 0 Å². The van der Waals surface area contributed by atoms with E-state index in [2.05, 4.69) is 11.4 Å². The van der Waals surface area contributed by atoms with Gasteiger partial charge in [-0.3, -0.25) is 0 Å². The number of nitriles is 1. The first-order valence-electron chi connectivity index (χ1n) is 6.09. The molecule has 4 nitrogen and oxygen atoms in total. The third kappa shape index (κ3) is 2.57.